The number of aromatic amines is 1. The van der Waals surface area contributed by atoms with E-state index in [4.69, 9.17) is 11.6 Å². The molecule has 1 aliphatic heterocycles. The number of hydrogen-bond acceptors (Lipinski definition) is 3. The number of piperazine rings is 1. The van der Waals surface area contributed by atoms with Crippen molar-refractivity contribution < 1.29 is 14.0 Å². The Balaban J connectivity index is 1.67. The van der Waals surface area contributed by atoms with E-state index in [1.807, 2.05) is 4.90 Å². The Labute approximate surface area is 144 Å². The minimum Gasteiger partial charge on any atom is -0.366 e. The standard InChI is InChI=1S/C17H17ClFN3O2/c1-11(23)12-2-3-16(14(19)8-12)21-4-6-22(7-5-21)17(24)15-9-13(18)10-20-15/h2-3,8-10,20H,4-7H2,1H3. The zero-order valence-electron chi connectivity index (χ0n) is 13.2. The van der Waals surface area contributed by atoms with Gasteiger partial charge in [0.2, 0.25) is 0 Å². The molecule has 0 aliphatic carbocycles. The molecular weight excluding hydrogens is 333 g/mol. The third kappa shape index (κ3) is 3.28. The van der Waals surface area contributed by atoms with Gasteiger partial charge in [0.25, 0.3) is 5.91 Å². The summed E-state index contributed by atoms with van der Waals surface area (Å²) in [5.74, 6) is -0.701. The quantitative estimate of drug-likeness (QED) is 0.867. The minimum atomic E-state index is -0.418. The highest BCUT2D eigenvalue weighted by Gasteiger charge is 2.24. The van der Waals surface area contributed by atoms with Gasteiger partial charge in [-0.15, -0.1) is 0 Å². The lowest BCUT2D eigenvalue weighted by Gasteiger charge is -2.36. The largest absolute Gasteiger partial charge is 0.366 e. The zero-order chi connectivity index (χ0) is 17.3. The van der Waals surface area contributed by atoms with Gasteiger partial charge in [-0.2, -0.15) is 0 Å². The molecule has 2 aromatic rings. The molecule has 3 rings (SSSR count). The fourth-order valence-corrected chi connectivity index (χ4v) is 2.96. The van der Waals surface area contributed by atoms with Gasteiger partial charge in [0.15, 0.2) is 5.78 Å². The lowest BCUT2D eigenvalue weighted by atomic mass is 10.1. The van der Waals surface area contributed by atoms with Crippen molar-refractivity contribution in [3.8, 4) is 0 Å². The van der Waals surface area contributed by atoms with Crippen LogP contribution in [0.2, 0.25) is 5.02 Å². The first kappa shape index (κ1) is 16.5. The molecule has 0 atom stereocenters. The smallest absolute Gasteiger partial charge is 0.270 e. The number of rotatable bonds is 3. The maximum absolute atomic E-state index is 14.2. The molecule has 5 nitrogen and oxygen atoms in total. The predicted molar refractivity (Wildman–Crippen MR) is 90.3 cm³/mol. The summed E-state index contributed by atoms with van der Waals surface area (Å²) in [6, 6.07) is 6.10. The Morgan fingerprint density at radius 2 is 1.88 bits per heavy atom. The van der Waals surface area contributed by atoms with Crippen molar-refractivity contribution in [2.75, 3.05) is 31.1 Å². The first-order valence-corrected chi connectivity index (χ1v) is 8.02. The number of carbonyl (C=O) groups is 2. The Morgan fingerprint density at radius 1 is 1.17 bits per heavy atom. The predicted octanol–water partition coefficient (Wildman–Crippen LogP) is 2.97. The lowest BCUT2D eigenvalue weighted by molar-refractivity contribution is 0.0741. The summed E-state index contributed by atoms with van der Waals surface area (Å²) in [7, 11) is 0. The van der Waals surface area contributed by atoms with Gasteiger partial charge in [0.1, 0.15) is 11.5 Å². The number of nitrogens with one attached hydrogen (secondary N) is 1. The van der Waals surface area contributed by atoms with Crippen LogP contribution in [0.15, 0.2) is 30.5 Å². The minimum absolute atomic E-state index is 0.117. The normalized spacial score (nSPS) is 14.8. The molecule has 2 heterocycles. The number of ketones is 1. The first-order valence-electron chi connectivity index (χ1n) is 7.64. The summed E-state index contributed by atoms with van der Waals surface area (Å²) < 4.78 is 14.2. The van der Waals surface area contributed by atoms with Crippen molar-refractivity contribution in [1.29, 1.82) is 0 Å². The van der Waals surface area contributed by atoms with Crippen molar-refractivity contribution in [3.05, 3.63) is 52.6 Å². The number of anilines is 1. The molecule has 126 valence electrons. The number of halogens is 2. The molecular formula is C17H17ClFN3O2. The Kier molecular flexibility index (Phi) is 4.57. The average Bonchev–Trinajstić information content (AvgIpc) is 3.00. The van der Waals surface area contributed by atoms with Gasteiger partial charge in [-0.25, -0.2) is 4.39 Å². The monoisotopic (exact) mass is 349 g/mol. The number of nitrogens with zero attached hydrogens (tertiary/aromatic N) is 2. The number of amides is 1. The molecule has 1 fully saturated rings. The third-order valence-corrected chi connectivity index (χ3v) is 4.36. The van der Waals surface area contributed by atoms with E-state index in [1.54, 1.807) is 29.3 Å². The summed E-state index contributed by atoms with van der Waals surface area (Å²) in [5.41, 5.74) is 1.26. The topological polar surface area (TPSA) is 56.4 Å². The summed E-state index contributed by atoms with van der Waals surface area (Å²) in [5, 5.41) is 0.490. The van der Waals surface area contributed by atoms with E-state index in [2.05, 4.69) is 4.98 Å². The van der Waals surface area contributed by atoms with E-state index in [0.717, 1.165) is 0 Å². The lowest BCUT2D eigenvalue weighted by Crippen LogP contribution is -2.49. The van der Waals surface area contributed by atoms with E-state index in [0.29, 0.717) is 48.1 Å². The molecule has 1 saturated heterocycles. The van der Waals surface area contributed by atoms with Gasteiger partial charge in [-0.3, -0.25) is 9.59 Å². The fourth-order valence-electron chi connectivity index (χ4n) is 2.79. The molecule has 0 bridgehead atoms. The Morgan fingerprint density at radius 3 is 2.42 bits per heavy atom. The van der Waals surface area contributed by atoms with E-state index in [1.165, 1.54) is 13.0 Å². The molecule has 24 heavy (non-hydrogen) atoms. The number of Topliss-reactive ketones (excluding diaryl/α,β-unsaturated/α-hetero) is 1. The van der Waals surface area contributed by atoms with Gasteiger partial charge in [0.05, 0.1) is 10.7 Å². The molecule has 1 aliphatic rings. The molecule has 0 spiro atoms. The van der Waals surface area contributed by atoms with Crippen molar-refractivity contribution in [1.82, 2.24) is 9.88 Å². The van der Waals surface area contributed by atoms with Crippen LogP contribution in [0, 0.1) is 5.82 Å². The van der Waals surface area contributed by atoms with Crippen molar-refractivity contribution >= 4 is 29.0 Å². The van der Waals surface area contributed by atoms with Crippen LogP contribution in [-0.2, 0) is 0 Å². The van der Waals surface area contributed by atoms with Crippen LogP contribution in [0.3, 0.4) is 0 Å². The summed E-state index contributed by atoms with van der Waals surface area (Å²) in [4.78, 5) is 30.1. The van der Waals surface area contributed by atoms with Gasteiger partial charge < -0.3 is 14.8 Å². The van der Waals surface area contributed by atoms with E-state index >= 15 is 0 Å². The molecule has 0 radical (unpaired) electrons. The van der Waals surface area contributed by atoms with Crippen LogP contribution in [0.25, 0.3) is 0 Å². The molecule has 1 N–H and O–H groups in total. The van der Waals surface area contributed by atoms with Gasteiger partial charge in [0, 0.05) is 37.9 Å². The maximum atomic E-state index is 14.2. The van der Waals surface area contributed by atoms with E-state index in [-0.39, 0.29) is 11.7 Å². The first-order chi connectivity index (χ1) is 11.5. The van der Waals surface area contributed by atoms with Gasteiger partial charge in [-0.1, -0.05) is 11.6 Å². The van der Waals surface area contributed by atoms with Crippen molar-refractivity contribution in [2.45, 2.75) is 6.92 Å². The molecule has 1 aromatic carbocycles. The van der Waals surface area contributed by atoms with Gasteiger partial charge in [-0.05, 0) is 31.2 Å². The maximum Gasteiger partial charge on any atom is 0.270 e. The summed E-state index contributed by atoms with van der Waals surface area (Å²) in [6.45, 7) is 3.44. The average molecular weight is 350 g/mol. The zero-order valence-corrected chi connectivity index (χ0v) is 13.9. The summed E-state index contributed by atoms with van der Waals surface area (Å²) >= 11 is 5.82. The molecule has 1 amide bonds. The second kappa shape index (κ2) is 6.65. The highest BCUT2D eigenvalue weighted by molar-refractivity contribution is 6.30. The van der Waals surface area contributed by atoms with Crippen molar-refractivity contribution in [2.24, 2.45) is 0 Å². The van der Waals surface area contributed by atoms with Crippen molar-refractivity contribution in [3.63, 3.8) is 0 Å². The number of hydrogen-bond donors (Lipinski definition) is 1. The number of benzene rings is 1. The Bertz CT molecular complexity index is 782. The number of aromatic nitrogens is 1. The highest BCUT2D eigenvalue weighted by Crippen LogP contribution is 2.23. The van der Waals surface area contributed by atoms with Crippen LogP contribution < -0.4 is 4.90 Å². The highest BCUT2D eigenvalue weighted by atomic mass is 35.5. The van der Waals surface area contributed by atoms with E-state index in [9.17, 15) is 14.0 Å². The molecule has 0 unspecified atom stereocenters. The van der Waals surface area contributed by atoms with Crippen LogP contribution in [0.4, 0.5) is 10.1 Å². The second-order valence-corrected chi connectivity index (χ2v) is 6.17. The van der Waals surface area contributed by atoms with Crippen LogP contribution >= 0.6 is 11.6 Å². The summed E-state index contributed by atoms with van der Waals surface area (Å²) in [6.07, 6.45) is 1.57. The third-order valence-electron chi connectivity index (χ3n) is 4.14. The Hall–Kier alpha value is -2.34. The van der Waals surface area contributed by atoms with E-state index < -0.39 is 5.82 Å². The van der Waals surface area contributed by atoms with Crippen LogP contribution in [0.5, 0.6) is 0 Å². The molecule has 1 aromatic heterocycles. The van der Waals surface area contributed by atoms with Gasteiger partial charge >= 0.3 is 0 Å². The number of H-pyrrole nitrogens is 1. The number of carbonyl (C=O) groups excluding carboxylic acids is 2. The van der Waals surface area contributed by atoms with Crippen LogP contribution in [-0.4, -0.2) is 47.8 Å². The molecule has 0 saturated carbocycles. The SMILES string of the molecule is CC(=O)c1ccc(N2CCN(C(=O)c3cc(Cl)c[nH]3)CC2)c(F)c1. The molecule has 7 heteroatoms. The second-order valence-electron chi connectivity index (χ2n) is 5.73. The van der Waals surface area contributed by atoms with Crippen LogP contribution in [0.1, 0.15) is 27.8 Å². The fraction of sp³-hybridized carbons (Fsp3) is 0.294.